The molecular formula is C19H30N4O3. The van der Waals surface area contributed by atoms with Gasteiger partial charge in [0.2, 0.25) is 5.91 Å². The van der Waals surface area contributed by atoms with Gasteiger partial charge in [-0.1, -0.05) is 6.92 Å². The van der Waals surface area contributed by atoms with Crippen LogP contribution in [0.25, 0.3) is 0 Å². The molecule has 7 nitrogen and oxygen atoms in total. The second kappa shape index (κ2) is 6.93. The van der Waals surface area contributed by atoms with Crippen molar-refractivity contribution >= 4 is 12.0 Å². The molecule has 1 N–H and O–H groups in total. The van der Waals surface area contributed by atoms with Crippen molar-refractivity contribution in [3.05, 3.63) is 17.7 Å². The van der Waals surface area contributed by atoms with Crippen LogP contribution in [-0.4, -0.2) is 57.0 Å². The summed E-state index contributed by atoms with van der Waals surface area (Å²) in [6.45, 7) is 9.49. The van der Waals surface area contributed by atoms with Crippen LogP contribution in [-0.2, 0) is 21.5 Å². The molecule has 1 aromatic rings. The SMILES string of the molecule is CCCC(=O)N1CCc2[nH]cnc2C12CCN(C(=O)OC(C)(C)C)CC2. The lowest BCUT2D eigenvalue weighted by Gasteiger charge is -2.50. The lowest BCUT2D eigenvalue weighted by Crippen LogP contribution is -2.59. The van der Waals surface area contributed by atoms with Gasteiger partial charge in [0.05, 0.1) is 17.6 Å². The number of H-pyrrole nitrogens is 1. The van der Waals surface area contributed by atoms with Crippen LogP contribution in [0.5, 0.6) is 0 Å². The van der Waals surface area contributed by atoms with Gasteiger partial charge in [-0.25, -0.2) is 9.78 Å². The van der Waals surface area contributed by atoms with Crippen LogP contribution >= 0.6 is 0 Å². The van der Waals surface area contributed by atoms with Crippen LogP contribution in [0.2, 0.25) is 0 Å². The smallest absolute Gasteiger partial charge is 0.410 e. The van der Waals surface area contributed by atoms with E-state index in [1.165, 1.54) is 0 Å². The fourth-order valence-corrected chi connectivity index (χ4v) is 4.08. The highest BCUT2D eigenvalue weighted by atomic mass is 16.6. The van der Waals surface area contributed by atoms with Gasteiger partial charge in [0.15, 0.2) is 0 Å². The van der Waals surface area contributed by atoms with Gasteiger partial charge >= 0.3 is 6.09 Å². The number of piperidine rings is 1. The maximum atomic E-state index is 12.8. The zero-order chi connectivity index (χ0) is 18.9. The first-order chi connectivity index (χ1) is 12.3. The largest absolute Gasteiger partial charge is 0.444 e. The van der Waals surface area contributed by atoms with E-state index in [2.05, 4.69) is 9.97 Å². The lowest BCUT2D eigenvalue weighted by atomic mass is 9.78. The van der Waals surface area contributed by atoms with Crippen molar-refractivity contribution in [2.24, 2.45) is 0 Å². The van der Waals surface area contributed by atoms with Gasteiger partial charge in [-0.15, -0.1) is 0 Å². The molecule has 7 heteroatoms. The Hall–Kier alpha value is -2.05. The number of ether oxygens (including phenoxy) is 1. The van der Waals surface area contributed by atoms with E-state index >= 15 is 0 Å². The molecule has 144 valence electrons. The average molecular weight is 362 g/mol. The number of nitrogens with zero attached hydrogens (tertiary/aromatic N) is 3. The number of aromatic amines is 1. The van der Waals surface area contributed by atoms with Crippen molar-refractivity contribution in [3.8, 4) is 0 Å². The molecule has 1 spiro atoms. The molecule has 1 saturated heterocycles. The maximum absolute atomic E-state index is 12.8. The molecule has 3 rings (SSSR count). The van der Waals surface area contributed by atoms with Crippen LogP contribution < -0.4 is 0 Å². The first-order valence-electron chi connectivity index (χ1n) is 9.58. The Bertz CT molecular complexity index is 669. The van der Waals surface area contributed by atoms with Gasteiger partial charge in [-0.05, 0) is 40.0 Å². The third-order valence-corrected chi connectivity index (χ3v) is 5.27. The summed E-state index contributed by atoms with van der Waals surface area (Å²) in [7, 11) is 0. The zero-order valence-corrected chi connectivity index (χ0v) is 16.3. The van der Waals surface area contributed by atoms with Crippen LogP contribution in [0.15, 0.2) is 6.33 Å². The Kier molecular flexibility index (Phi) is 4.99. The standard InChI is InChI=1S/C19H30N4O3/c1-5-6-15(24)23-10-7-14-16(21-13-20-14)19(23)8-11-22(12-9-19)17(25)26-18(2,3)4/h13H,5-12H2,1-4H3,(H,20,21). The first kappa shape index (κ1) is 18.7. The topological polar surface area (TPSA) is 78.5 Å². The van der Waals surface area contributed by atoms with Crippen molar-refractivity contribution in [3.63, 3.8) is 0 Å². The molecule has 0 atom stereocenters. The summed E-state index contributed by atoms with van der Waals surface area (Å²) in [4.78, 5) is 36.8. The van der Waals surface area contributed by atoms with E-state index in [-0.39, 0.29) is 12.0 Å². The number of nitrogens with one attached hydrogen (secondary N) is 1. The van der Waals surface area contributed by atoms with Gasteiger partial charge in [0.25, 0.3) is 0 Å². The highest BCUT2D eigenvalue weighted by molar-refractivity contribution is 5.78. The molecule has 26 heavy (non-hydrogen) atoms. The number of likely N-dealkylation sites (tertiary alicyclic amines) is 1. The predicted octanol–water partition coefficient (Wildman–Crippen LogP) is 2.82. The summed E-state index contributed by atoms with van der Waals surface area (Å²) in [5.41, 5.74) is 1.20. The Balaban J connectivity index is 1.81. The third kappa shape index (κ3) is 3.44. The molecule has 1 aromatic heterocycles. The number of carbonyl (C=O) groups excluding carboxylic acids is 2. The number of fused-ring (bicyclic) bond motifs is 2. The molecule has 0 bridgehead atoms. The fraction of sp³-hybridized carbons (Fsp3) is 0.737. The summed E-state index contributed by atoms with van der Waals surface area (Å²) in [6.07, 6.45) is 5.03. The van der Waals surface area contributed by atoms with Crippen LogP contribution in [0.1, 0.15) is 64.8 Å². The van der Waals surface area contributed by atoms with Crippen LogP contribution in [0.4, 0.5) is 4.79 Å². The van der Waals surface area contributed by atoms with Crippen molar-refractivity contribution in [1.29, 1.82) is 0 Å². The van der Waals surface area contributed by atoms with Crippen molar-refractivity contribution in [2.75, 3.05) is 19.6 Å². The molecule has 0 saturated carbocycles. The minimum Gasteiger partial charge on any atom is -0.444 e. The van der Waals surface area contributed by atoms with Crippen LogP contribution in [0.3, 0.4) is 0 Å². The quantitative estimate of drug-likeness (QED) is 0.877. The van der Waals surface area contributed by atoms with E-state index in [1.54, 1.807) is 11.2 Å². The van der Waals surface area contributed by atoms with Gasteiger partial charge < -0.3 is 19.5 Å². The lowest BCUT2D eigenvalue weighted by molar-refractivity contribution is -0.141. The Morgan fingerprint density at radius 3 is 2.58 bits per heavy atom. The molecule has 2 amide bonds. The molecule has 3 heterocycles. The number of hydrogen-bond acceptors (Lipinski definition) is 4. The number of rotatable bonds is 2. The Labute approximate surface area is 155 Å². The molecule has 0 radical (unpaired) electrons. The summed E-state index contributed by atoms with van der Waals surface area (Å²) in [5.74, 6) is 0.187. The van der Waals surface area contributed by atoms with E-state index in [9.17, 15) is 9.59 Å². The summed E-state index contributed by atoms with van der Waals surface area (Å²) < 4.78 is 5.50. The fourth-order valence-electron chi connectivity index (χ4n) is 4.08. The van der Waals surface area contributed by atoms with Gasteiger partial charge in [0, 0.05) is 38.2 Å². The van der Waals surface area contributed by atoms with Crippen LogP contribution in [0, 0.1) is 0 Å². The zero-order valence-electron chi connectivity index (χ0n) is 16.3. The normalized spacial score (nSPS) is 19.4. The number of amides is 2. The monoisotopic (exact) mass is 362 g/mol. The van der Waals surface area contributed by atoms with Gasteiger partial charge in [-0.3, -0.25) is 4.79 Å². The summed E-state index contributed by atoms with van der Waals surface area (Å²) in [6, 6.07) is 0. The van der Waals surface area contributed by atoms with Crippen molar-refractivity contribution in [1.82, 2.24) is 19.8 Å². The second-order valence-corrected chi connectivity index (χ2v) is 8.27. The number of aromatic nitrogens is 2. The van der Waals surface area contributed by atoms with E-state index in [0.29, 0.717) is 38.9 Å². The number of carbonyl (C=O) groups is 2. The van der Waals surface area contributed by atoms with Gasteiger partial charge in [0.1, 0.15) is 5.60 Å². The average Bonchev–Trinajstić information content (AvgIpc) is 3.04. The minimum absolute atomic E-state index is 0.187. The van der Waals surface area contributed by atoms with E-state index < -0.39 is 11.1 Å². The molecule has 0 unspecified atom stereocenters. The molecule has 2 aliphatic heterocycles. The number of hydrogen-bond donors (Lipinski definition) is 1. The molecule has 2 aliphatic rings. The summed E-state index contributed by atoms with van der Waals surface area (Å²) >= 11 is 0. The van der Waals surface area contributed by atoms with Gasteiger partial charge in [-0.2, -0.15) is 0 Å². The molecular weight excluding hydrogens is 332 g/mol. The van der Waals surface area contributed by atoms with Crippen molar-refractivity contribution < 1.29 is 14.3 Å². The van der Waals surface area contributed by atoms with E-state index in [0.717, 1.165) is 24.2 Å². The molecule has 1 fully saturated rings. The van der Waals surface area contributed by atoms with E-state index in [4.69, 9.17) is 4.74 Å². The second-order valence-electron chi connectivity index (χ2n) is 8.27. The third-order valence-electron chi connectivity index (χ3n) is 5.27. The Morgan fingerprint density at radius 1 is 1.27 bits per heavy atom. The Morgan fingerprint density at radius 2 is 1.96 bits per heavy atom. The molecule has 0 aromatic carbocycles. The highest BCUT2D eigenvalue weighted by Crippen LogP contribution is 2.42. The summed E-state index contributed by atoms with van der Waals surface area (Å²) in [5, 5.41) is 0. The maximum Gasteiger partial charge on any atom is 0.410 e. The number of imidazole rings is 1. The minimum atomic E-state index is -0.504. The highest BCUT2D eigenvalue weighted by Gasteiger charge is 2.49. The molecule has 0 aliphatic carbocycles. The predicted molar refractivity (Wildman–Crippen MR) is 97.6 cm³/mol. The van der Waals surface area contributed by atoms with E-state index in [1.807, 2.05) is 32.6 Å². The van der Waals surface area contributed by atoms with Crippen molar-refractivity contribution in [2.45, 2.75) is 70.9 Å². The first-order valence-corrected chi connectivity index (χ1v) is 9.58.